The Kier molecular flexibility index (Phi) is 2.71. The van der Waals surface area contributed by atoms with Crippen LogP contribution in [0.5, 0.6) is 0 Å². The first-order valence-electron chi connectivity index (χ1n) is 4.77. The number of fused-ring (bicyclic) bond motifs is 1. The zero-order valence-electron chi connectivity index (χ0n) is 8.66. The molecule has 1 atom stereocenters. The molecule has 2 heterocycles. The minimum absolute atomic E-state index is 0.364. The van der Waals surface area contributed by atoms with Gasteiger partial charge in [0.05, 0.1) is 18.0 Å². The molecule has 17 heavy (non-hydrogen) atoms. The summed E-state index contributed by atoms with van der Waals surface area (Å²) in [6.45, 7) is 0. The number of carbonyl (C=O) groups excluding carboxylic acids is 1. The van der Waals surface area contributed by atoms with Crippen molar-refractivity contribution >= 4 is 12.1 Å². The maximum Gasteiger partial charge on any atom is 0.208 e. The molecule has 0 aliphatic carbocycles. The Bertz CT molecular complexity index is 646. The molecule has 0 aromatic carbocycles. The SMILES string of the molecule is N#Cc1cccc2ncc(C(C#N)NC=O)n12. The van der Waals surface area contributed by atoms with Crippen LogP contribution in [0.15, 0.2) is 24.4 Å². The molecular formula is C11H7N5O. The van der Waals surface area contributed by atoms with E-state index in [4.69, 9.17) is 10.5 Å². The highest BCUT2D eigenvalue weighted by Crippen LogP contribution is 2.16. The molecule has 1 N–H and O–H groups in total. The van der Waals surface area contributed by atoms with Gasteiger partial charge in [0.15, 0.2) is 6.04 Å². The Balaban J connectivity index is 2.67. The van der Waals surface area contributed by atoms with Gasteiger partial charge in [0.2, 0.25) is 6.41 Å². The van der Waals surface area contributed by atoms with Gasteiger partial charge in [-0.2, -0.15) is 10.5 Å². The quantitative estimate of drug-likeness (QED) is 0.770. The number of amides is 1. The second-order valence-corrected chi connectivity index (χ2v) is 3.25. The third kappa shape index (κ3) is 1.68. The summed E-state index contributed by atoms with van der Waals surface area (Å²) >= 11 is 0. The molecule has 0 spiro atoms. The van der Waals surface area contributed by atoms with Crippen LogP contribution in [-0.4, -0.2) is 15.8 Å². The summed E-state index contributed by atoms with van der Waals surface area (Å²) in [5, 5.41) is 20.3. The van der Waals surface area contributed by atoms with Crippen molar-refractivity contribution in [1.29, 1.82) is 10.5 Å². The molecule has 82 valence electrons. The van der Waals surface area contributed by atoms with E-state index in [9.17, 15) is 4.79 Å². The van der Waals surface area contributed by atoms with Crippen molar-refractivity contribution in [2.24, 2.45) is 0 Å². The topological polar surface area (TPSA) is 94.0 Å². The van der Waals surface area contributed by atoms with Crippen LogP contribution in [0.4, 0.5) is 0 Å². The van der Waals surface area contributed by atoms with Gasteiger partial charge in [-0.15, -0.1) is 0 Å². The maximum absolute atomic E-state index is 10.4. The predicted molar refractivity (Wildman–Crippen MR) is 57.5 cm³/mol. The Labute approximate surface area is 96.7 Å². The number of hydrogen-bond donors (Lipinski definition) is 1. The van der Waals surface area contributed by atoms with Crippen LogP contribution in [-0.2, 0) is 4.79 Å². The van der Waals surface area contributed by atoms with Gasteiger partial charge in [-0.3, -0.25) is 9.20 Å². The van der Waals surface area contributed by atoms with Crippen molar-refractivity contribution in [3.8, 4) is 12.1 Å². The second-order valence-electron chi connectivity index (χ2n) is 3.25. The smallest absolute Gasteiger partial charge is 0.208 e. The van der Waals surface area contributed by atoms with Gasteiger partial charge in [-0.25, -0.2) is 4.98 Å². The fraction of sp³-hybridized carbons (Fsp3) is 0.0909. The lowest BCUT2D eigenvalue weighted by Crippen LogP contribution is -2.19. The summed E-state index contributed by atoms with van der Waals surface area (Å²) in [5.41, 5.74) is 1.39. The van der Waals surface area contributed by atoms with Gasteiger partial charge < -0.3 is 5.32 Å². The maximum atomic E-state index is 10.4. The molecule has 0 radical (unpaired) electrons. The van der Waals surface area contributed by atoms with Crippen molar-refractivity contribution in [1.82, 2.24) is 14.7 Å². The molecule has 0 saturated carbocycles. The average molecular weight is 225 g/mol. The van der Waals surface area contributed by atoms with E-state index in [-0.39, 0.29) is 0 Å². The Morgan fingerprint density at radius 2 is 2.29 bits per heavy atom. The number of hydrogen-bond acceptors (Lipinski definition) is 4. The lowest BCUT2D eigenvalue weighted by Gasteiger charge is -2.08. The van der Waals surface area contributed by atoms with Crippen molar-refractivity contribution in [2.75, 3.05) is 0 Å². The van der Waals surface area contributed by atoms with E-state index >= 15 is 0 Å². The van der Waals surface area contributed by atoms with Gasteiger partial charge in [-0.05, 0) is 12.1 Å². The van der Waals surface area contributed by atoms with E-state index in [1.165, 1.54) is 6.20 Å². The molecule has 1 amide bonds. The summed E-state index contributed by atoms with van der Waals surface area (Å²) in [4.78, 5) is 14.5. The van der Waals surface area contributed by atoms with Gasteiger partial charge in [0, 0.05) is 0 Å². The summed E-state index contributed by atoms with van der Waals surface area (Å²) in [6.07, 6.45) is 1.92. The molecule has 2 aromatic rings. The van der Waals surface area contributed by atoms with E-state index in [1.807, 2.05) is 12.1 Å². The summed E-state index contributed by atoms with van der Waals surface area (Å²) in [7, 11) is 0. The van der Waals surface area contributed by atoms with Crippen molar-refractivity contribution in [3.63, 3.8) is 0 Å². The van der Waals surface area contributed by atoms with Gasteiger partial charge >= 0.3 is 0 Å². The van der Waals surface area contributed by atoms with Crippen LogP contribution in [0.3, 0.4) is 0 Å². The fourth-order valence-electron chi connectivity index (χ4n) is 1.61. The lowest BCUT2D eigenvalue weighted by atomic mass is 10.2. The van der Waals surface area contributed by atoms with Crippen LogP contribution in [0.2, 0.25) is 0 Å². The van der Waals surface area contributed by atoms with Gasteiger partial charge in [0.25, 0.3) is 0 Å². The first-order valence-corrected chi connectivity index (χ1v) is 4.77. The number of nitrogens with one attached hydrogen (secondary N) is 1. The van der Waals surface area contributed by atoms with E-state index in [0.717, 1.165) is 0 Å². The van der Waals surface area contributed by atoms with Gasteiger partial charge in [-0.1, -0.05) is 6.07 Å². The minimum Gasteiger partial charge on any atom is -0.338 e. The third-order valence-electron chi connectivity index (χ3n) is 2.33. The van der Waals surface area contributed by atoms with Crippen molar-refractivity contribution < 1.29 is 4.79 Å². The van der Waals surface area contributed by atoms with Crippen LogP contribution in [0.25, 0.3) is 5.65 Å². The van der Waals surface area contributed by atoms with Crippen molar-refractivity contribution in [3.05, 3.63) is 35.8 Å². The van der Waals surface area contributed by atoms with Crippen LogP contribution in [0.1, 0.15) is 17.4 Å². The largest absolute Gasteiger partial charge is 0.338 e. The standard InChI is InChI=1S/C11H7N5O/c12-4-8-2-1-3-11-14-6-10(16(8)11)9(5-13)15-7-17/h1-3,6-7,9H,(H,15,17). The number of nitriles is 2. The first kappa shape index (κ1) is 10.7. The van der Waals surface area contributed by atoms with Crippen LogP contribution >= 0.6 is 0 Å². The van der Waals surface area contributed by atoms with Crippen molar-refractivity contribution in [2.45, 2.75) is 6.04 Å². The average Bonchev–Trinajstić information content (AvgIpc) is 2.79. The normalized spacial score (nSPS) is 11.4. The van der Waals surface area contributed by atoms with E-state index < -0.39 is 6.04 Å². The zero-order valence-corrected chi connectivity index (χ0v) is 8.66. The number of pyridine rings is 1. The number of aromatic nitrogens is 2. The molecule has 0 bridgehead atoms. The predicted octanol–water partition coefficient (Wildman–Crippen LogP) is 0.517. The van der Waals surface area contributed by atoms with Gasteiger partial charge in [0.1, 0.15) is 17.4 Å². The van der Waals surface area contributed by atoms with Crippen LogP contribution < -0.4 is 5.32 Å². The molecule has 0 fully saturated rings. The Hall–Kier alpha value is -2.86. The number of imidazole rings is 1. The third-order valence-corrected chi connectivity index (χ3v) is 2.33. The van der Waals surface area contributed by atoms with Crippen LogP contribution in [0, 0.1) is 22.7 Å². The first-order chi connectivity index (χ1) is 8.31. The molecule has 0 saturated heterocycles. The summed E-state index contributed by atoms with van der Waals surface area (Å²) < 4.78 is 1.55. The number of rotatable bonds is 3. The molecule has 6 heteroatoms. The molecule has 0 aliphatic rings. The molecule has 0 aliphatic heterocycles. The molecule has 2 aromatic heterocycles. The Morgan fingerprint density at radius 3 is 2.94 bits per heavy atom. The Morgan fingerprint density at radius 1 is 1.47 bits per heavy atom. The zero-order chi connectivity index (χ0) is 12.3. The molecule has 2 rings (SSSR count). The number of carbonyl (C=O) groups is 1. The molecule has 1 unspecified atom stereocenters. The summed E-state index contributed by atoms with van der Waals surface area (Å²) in [6, 6.07) is 8.18. The van der Waals surface area contributed by atoms with E-state index in [0.29, 0.717) is 23.4 Å². The molecule has 6 nitrogen and oxygen atoms in total. The second kappa shape index (κ2) is 4.33. The lowest BCUT2D eigenvalue weighted by molar-refractivity contribution is -0.109. The molecular weight excluding hydrogens is 218 g/mol. The van der Waals surface area contributed by atoms with E-state index in [1.54, 1.807) is 22.6 Å². The highest BCUT2D eigenvalue weighted by molar-refractivity contribution is 5.51. The number of nitrogens with zero attached hydrogens (tertiary/aromatic N) is 4. The minimum atomic E-state index is -0.822. The summed E-state index contributed by atoms with van der Waals surface area (Å²) in [5.74, 6) is 0. The highest BCUT2D eigenvalue weighted by atomic mass is 16.1. The highest BCUT2D eigenvalue weighted by Gasteiger charge is 2.16. The monoisotopic (exact) mass is 225 g/mol. The van der Waals surface area contributed by atoms with E-state index in [2.05, 4.69) is 10.3 Å². The fourth-order valence-corrected chi connectivity index (χ4v) is 1.61.